The molecular formula is C9H5Br2NS. The van der Waals surface area contributed by atoms with Crippen molar-refractivity contribution < 1.29 is 0 Å². The van der Waals surface area contributed by atoms with E-state index in [1.807, 2.05) is 18.3 Å². The molecule has 0 N–H and O–H groups in total. The molecule has 0 saturated heterocycles. The molecule has 0 unspecified atom stereocenters. The molecule has 0 aliphatic rings. The highest BCUT2D eigenvalue weighted by atomic mass is 79.9. The van der Waals surface area contributed by atoms with Crippen molar-refractivity contribution in [2.45, 2.75) is 0 Å². The summed E-state index contributed by atoms with van der Waals surface area (Å²) >= 11 is 8.38. The maximum absolute atomic E-state index is 4.14. The van der Waals surface area contributed by atoms with E-state index in [-0.39, 0.29) is 0 Å². The molecular weight excluding hydrogens is 314 g/mol. The van der Waals surface area contributed by atoms with Gasteiger partial charge in [0.25, 0.3) is 0 Å². The maximum atomic E-state index is 4.14. The Bertz CT molecular complexity index is 408. The summed E-state index contributed by atoms with van der Waals surface area (Å²) in [4.78, 5) is 5.32. The molecule has 1 aromatic carbocycles. The average molecular weight is 319 g/mol. The minimum absolute atomic E-state index is 0.922. The summed E-state index contributed by atoms with van der Waals surface area (Å²) in [5.41, 5.74) is 1.20. The zero-order valence-corrected chi connectivity index (χ0v) is 10.5. The Balaban J connectivity index is 2.41. The van der Waals surface area contributed by atoms with Crippen LogP contribution in [0.5, 0.6) is 0 Å². The molecule has 0 radical (unpaired) electrons. The van der Waals surface area contributed by atoms with E-state index in [0.717, 1.165) is 8.39 Å². The lowest BCUT2D eigenvalue weighted by molar-refractivity contribution is 1.38. The van der Waals surface area contributed by atoms with Gasteiger partial charge in [0, 0.05) is 10.7 Å². The van der Waals surface area contributed by atoms with Gasteiger partial charge in [0.2, 0.25) is 0 Å². The molecule has 2 aromatic rings. The van der Waals surface area contributed by atoms with E-state index in [4.69, 9.17) is 0 Å². The van der Waals surface area contributed by atoms with Gasteiger partial charge in [-0.2, -0.15) is 0 Å². The van der Waals surface area contributed by atoms with Crippen LogP contribution in [0.15, 0.2) is 38.9 Å². The molecule has 0 aliphatic heterocycles. The van der Waals surface area contributed by atoms with Crippen molar-refractivity contribution in [3.8, 4) is 10.4 Å². The van der Waals surface area contributed by atoms with Crippen molar-refractivity contribution in [1.82, 2.24) is 4.98 Å². The zero-order chi connectivity index (χ0) is 9.26. The molecule has 0 saturated carbocycles. The summed E-state index contributed by atoms with van der Waals surface area (Å²) in [6.45, 7) is 0. The van der Waals surface area contributed by atoms with Crippen molar-refractivity contribution in [3.63, 3.8) is 0 Å². The first-order valence-corrected chi connectivity index (χ1v) is 6.03. The molecule has 13 heavy (non-hydrogen) atoms. The van der Waals surface area contributed by atoms with Crippen molar-refractivity contribution >= 4 is 43.2 Å². The summed E-state index contributed by atoms with van der Waals surface area (Å²) < 4.78 is 2.02. The fourth-order valence-electron chi connectivity index (χ4n) is 1.00. The molecule has 1 nitrogen and oxygen atoms in total. The Kier molecular flexibility index (Phi) is 2.81. The van der Waals surface area contributed by atoms with Crippen LogP contribution in [0.25, 0.3) is 10.4 Å². The van der Waals surface area contributed by atoms with E-state index in [1.54, 1.807) is 11.3 Å². The van der Waals surface area contributed by atoms with Crippen LogP contribution in [0.4, 0.5) is 0 Å². The third-order valence-corrected chi connectivity index (χ3v) is 3.66. The van der Waals surface area contributed by atoms with Crippen LogP contribution in [0.2, 0.25) is 0 Å². The van der Waals surface area contributed by atoms with E-state index in [9.17, 15) is 0 Å². The topological polar surface area (TPSA) is 12.9 Å². The lowest BCUT2D eigenvalue weighted by Crippen LogP contribution is -1.70. The minimum Gasteiger partial charge on any atom is -0.237 e. The molecule has 66 valence electrons. The largest absolute Gasteiger partial charge is 0.237 e. The van der Waals surface area contributed by atoms with Crippen LogP contribution in [-0.2, 0) is 0 Å². The number of hydrogen-bond acceptors (Lipinski definition) is 2. The molecule has 0 fully saturated rings. The minimum atomic E-state index is 0.922. The number of benzene rings is 1. The van der Waals surface area contributed by atoms with Crippen molar-refractivity contribution in [2.75, 3.05) is 0 Å². The van der Waals surface area contributed by atoms with Gasteiger partial charge < -0.3 is 0 Å². The SMILES string of the molecule is Brc1ccc(-c2cnc(Br)s2)cc1. The Morgan fingerprint density at radius 1 is 1.08 bits per heavy atom. The first-order valence-electron chi connectivity index (χ1n) is 3.63. The van der Waals surface area contributed by atoms with Crippen LogP contribution in [-0.4, -0.2) is 4.98 Å². The fraction of sp³-hybridized carbons (Fsp3) is 0. The predicted molar refractivity (Wildman–Crippen MR) is 63.0 cm³/mol. The summed E-state index contributed by atoms with van der Waals surface area (Å²) in [6, 6.07) is 8.21. The second-order valence-electron chi connectivity index (χ2n) is 2.48. The molecule has 2 rings (SSSR count). The Labute approximate surface area is 97.1 Å². The summed E-state index contributed by atoms with van der Waals surface area (Å²) in [6.07, 6.45) is 1.87. The summed E-state index contributed by atoms with van der Waals surface area (Å²) in [7, 11) is 0. The van der Waals surface area contributed by atoms with Gasteiger partial charge >= 0.3 is 0 Å². The van der Waals surface area contributed by atoms with Crippen LogP contribution in [0.1, 0.15) is 0 Å². The number of aromatic nitrogens is 1. The van der Waals surface area contributed by atoms with Gasteiger partial charge in [0.05, 0.1) is 4.88 Å². The molecule has 0 amide bonds. The number of halogens is 2. The zero-order valence-electron chi connectivity index (χ0n) is 6.50. The van der Waals surface area contributed by atoms with Crippen LogP contribution in [0, 0.1) is 0 Å². The molecule has 0 aliphatic carbocycles. The monoisotopic (exact) mass is 317 g/mol. The summed E-state index contributed by atoms with van der Waals surface area (Å²) in [5.74, 6) is 0. The second-order valence-corrected chi connectivity index (χ2v) is 5.71. The average Bonchev–Trinajstić information content (AvgIpc) is 2.53. The molecule has 0 spiro atoms. The normalized spacial score (nSPS) is 10.3. The summed E-state index contributed by atoms with van der Waals surface area (Å²) in [5, 5.41) is 0. The van der Waals surface area contributed by atoms with E-state index in [2.05, 4.69) is 49.0 Å². The van der Waals surface area contributed by atoms with Gasteiger partial charge in [0.15, 0.2) is 3.92 Å². The van der Waals surface area contributed by atoms with Gasteiger partial charge in [-0.05, 0) is 33.6 Å². The van der Waals surface area contributed by atoms with E-state index in [0.29, 0.717) is 0 Å². The van der Waals surface area contributed by atoms with E-state index in [1.165, 1.54) is 10.4 Å². The highest BCUT2D eigenvalue weighted by Crippen LogP contribution is 2.29. The van der Waals surface area contributed by atoms with Crippen molar-refractivity contribution in [3.05, 3.63) is 38.9 Å². The number of rotatable bonds is 1. The molecule has 4 heteroatoms. The Hall–Kier alpha value is -0.190. The lowest BCUT2D eigenvalue weighted by Gasteiger charge is -1.95. The predicted octanol–water partition coefficient (Wildman–Crippen LogP) is 4.34. The van der Waals surface area contributed by atoms with Crippen LogP contribution < -0.4 is 0 Å². The standard InChI is InChI=1S/C9H5Br2NS/c10-7-3-1-6(2-4-7)8-5-12-9(11)13-8/h1-5H. The maximum Gasteiger partial charge on any atom is 0.159 e. The van der Waals surface area contributed by atoms with E-state index < -0.39 is 0 Å². The van der Waals surface area contributed by atoms with Gasteiger partial charge in [-0.3, -0.25) is 0 Å². The number of nitrogens with zero attached hydrogens (tertiary/aromatic N) is 1. The Morgan fingerprint density at radius 2 is 1.77 bits per heavy atom. The highest BCUT2D eigenvalue weighted by Gasteiger charge is 2.01. The first-order chi connectivity index (χ1) is 6.25. The number of thiazole rings is 1. The fourth-order valence-corrected chi connectivity index (χ4v) is 2.54. The van der Waals surface area contributed by atoms with Crippen LogP contribution >= 0.6 is 43.2 Å². The molecule has 1 heterocycles. The smallest absolute Gasteiger partial charge is 0.159 e. The molecule has 0 bridgehead atoms. The van der Waals surface area contributed by atoms with Gasteiger partial charge in [0.1, 0.15) is 0 Å². The quantitative estimate of drug-likeness (QED) is 0.762. The Morgan fingerprint density at radius 3 is 2.31 bits per heavy atom. The van der Waals surface area contributed by atoms with Gasteiger partial charge in [-0.1, -0.05) is 28.1 Å². The third-order valence-electron chi connectivity index (χ3n) is 1.61. The van der Waals surface area contributed by atoms with Gasteiger partial charge in [-0.25, -0.2) is 4.98 Å². The molecule has 1 aromatic heterocycles. The van der Waals surface area contributed by atoms with Crippen molar-refractivity contribution in [2.24, 2.45) is 0 Å². The van der Waals surface area contributed by atoms with Crippen LogP contribution in [0.3, 0.4) is 0 Å². The molecule has 0 atom stereocenters. The number of hydrogen-bond donors (Lipinski definition) is 0. The third kappa shape index (κ3) is 2.18. The van der Waals surface area contributed by atoms with E-state index >= 15 is 0 Å². The lowest BCUT2D eigenvalue weighted by atomic mass is 10.2. The highest BCUT2D eigenvalue weighted by molar-refractivity contribution is 9.11. The second kappa shape index (κ2) is 3.90. The van der Waals surface area contributed by atoms with Gasteiger partial charge in [-0.15, -0.1) is 11.3 Å². The van der Waals surface area contributed by atoms with Crippen molar-refractivity contribution in [1.29, 1.82) is 0 Å². The first kappa shape index (κ1) is 9.37.